The summed E-state index contributed by atoms with van der Waals surface area (Å²) in [4.78, 5) is 14.7. The minimum Gasteiger partial charge on any atom is -0.496 e. The summed E-state index contributed by atoms with van der Waals surface area (Å²) in [5.74, 6) is 1.35. The second-order valence-electron chi connectivity index (χ2n) is 6.31. The summed E-state index contributed by atoms with van der Waals surface area (Å²) in [6.45, 7) is 7.13. The van der Waals surface area contributed by atoms with Crippen LogP contribution in [0.4, 0.5) is 5.69 Å². The molecule has 1 aliphatic rings. The lowest BCUT2D eigenvalue weighted by Crippen LogP contribution is -2.29. The van der Waals surface area contributed by atoms with Crippen LogP contribution in [0.25, 0.3) is 0 Å². The van der Waals surface area contributed by atoms with Gasteiger partial charge in [-0.05, 0) is 37.1 Å². The van der Waals surface area contributed by atoms with Gasteiger partial charge in [0.1, 0.15) is 5.75 Å². The van der Waals surface area contributed by atoms with Gasteiger partial charge in [-0.1, -0.05) is 13.8 Å². The van der Waals surface area contributed by atoms with Crippen LogP contribution in [0.2, 0.25) is 0 Å². The number of methoxy groups -OCH3 is 1. The van der Waals surface area contributed by atoms with Crippen LogP contribution in [0.5, 0.6) is 5.75 Å². The van der Waals surface area contributed by atoms with E-state index in [0.717, 1.165) is 26.1 Å². The number of aliphatic hydroxyl groups excluding tert-OH is 1. The molecule has 1 atom stereocenters. The molecular weight excluding hydrogens is 280 g/mol. The third-order valence-electron chi connectivity index (χ3n) is 3.98. The van der Waals surface area contributed by atoms with Gasteiger partial charge in [0, 0.05) is 24.3 Å². The number of hydrogen-bond acceptors (Lipinski definition) is 4. The first-order valence-electron chi connectivity index (χ1n) is 7.84. The number of aliphatic hydroxyl groups is 1. The summed E-state index contributed by atoms with van der Waals surface area (Å²) in [6.07, 6.45) is 0.904. The van der Waals surface area contributed by atoms with Crippen molar-refractivity contribution in [2.45, 2.75) is 26.9 Å². The monoisotopic (exact) mass is 306 g/mol. The molecule has 5 nitrogen and oxygen atoms in total. The molecule has 2 N–H and O–H groups in total. The number of benzene rings is 1. The van der Waals surface area contributed by atoms with Crippen molar-refractivity contribution in [2.75, 3.05) is 32.1 Å². The first-order valence-corrected chi connectivity index (χ1v) is 7.84. The molecule has 0 radical (unpaired) electrons. The van der Waals surface area contributed by atoms with Gasteiger partial charge in [0.2, 0.25) is 5.91 Å². The lowest BCUT2D eigenvalue weighted by Gasteiger charge is -2.18. The second kappa shape index (κ2) is 7.61. The van der Waals surface area contributed by atoms with E-state index in [4.69, 9.17) is 4.74 Å². The molecule has 0 saturated carbocycles. The average Bonchev–Trinajstić information content (AvgIpc) is 2.94. The minimum atomic E-state index is -0.113. The summed E-state index contributed by atoms with van der Waals surface area (Å²) in [5.41, 5.74) is 1.38. The molecule has 0 aliphatic carbocycles. The van der Waals surface area contributed by atoms with Gasteiger partial charge in [0.05, 0.1) is 19.6 Å². The van der Waals surface area contributed by atoms with Crippen LogP contribution < -0.4 is 10.1 Å². The zero-order valence-corrected chi connectivity index (χ0v) is 13.6. The summed E-state index contributed by atoms with van der Waals surface area (Å²) in [5, 5.41) is 12.3. The number of amides is 1. The Balaban J connectivity index is 1.95. The highest BCUT2D eigenvalue weighted by atomic mass is 16.5. The topological polar surface area (TPSA) is 61.8 Å². The smallest absolute Gasteiger partial charge is 0.228 e. The number of likely N-dealkylation sites (tertiary alicyclic amines) is 1. The maximum atomic E-state index is 12.4. The Bertz CT molecular complexity index is 517. The van der Waals surface area contributed by atoms with E-state index >= 15 is 0 Å². The normalized spacial score (nSPS) is 18.7. The Morgan fingerprint density at radius 2 is 2.27 bits per heavy atom. The molecule has 2 rings (SSSR count). The van der Waals surface area contributed by atoms with Crippen LogP contribution in [0.15, 0.2) is 18.2 Å². The van der Waals surface area contributed by atoms with Crippen molar-refractivity contribution in [3.63, 3.8) is 0 Å². The van der Waals surface area contributed by atoms with E-state index in [9.17, 15) is 9.90 Å². The van der Waals surface area contributed by atoms with Gasteiger partial charge in [-0.2, -0.15) is 0 Å². The van der Waals surface area contributed by atoms with E-state index in [-0.39, 0.29) is 18.4 Å². The van der Waals surface area contributed by atoms with Crippen molar-refractivity contribution < 1.29 is 14.6 Å². The summed E-state index contributed by atoms with van der Waals surface area (Å²) in [6, 6.07) is 5.33. The largest absolute Gasteiger partial charge is 0.496 e. The van der Waals surface area contributed by atoms with E-state index in [1.165, 1.54) is 0 Å². The molecule has 1 unspecified atom stereocenters. The standard InChI is InChI=1S/C17H26N2O3/c1-12(2)9-19-7-6-13(10-19)17(21)18-15-4-5-16(22-3)14(8-15)11-20/h4-5,8,12-13,20H,6-7,9-11H2,1-3H3,(H,18,21). The summed E-state index contributed by atoms with van der Waals surface area (Å²) < 4.78 is 5.17. The Morgan fingerprint density at radius 3 is 2.91 bits per heavy atom. The number of carbonyl (C=O) groups is 1. The molecular formula is C17H26N2O3. The van der Waals surface area contributed by atoms with Gasteiger partial charge < -0.3 is 20.1 Å². The van der Waals surface area contributed by atoms with Crippen LogP contribution in [0.3, 0.4) is 0 Å². The third-order valence-corrected chi connectivity index (χ3v) is 3.98. The first-order chi connectivity index (χ1) is 10.5. The average molecular weight is 306 g/mol. The molecule has 1 heterocycles. The number of nitrogens with one attached hydrogen (secondary N) is 1. The minimum absolute atomic E-state index is 0.0402. The van der Waals surface area contributed by atoms with E-state index < -0.39 is 0 Å². The van der Waals surface area contributed by atoms with E-state index in [1.54, 1.807) is 25.3 Å². The maximum Gasteiger partial charge on any atom is 0.228 e. The van der Waals surface area contributed by atoms with Crippen molar-refractivity contribution in [3.8, 4) is 5.75 Å². The number of hydrogen-bond donors (Lipinski definition) is 2. The van der Waals surface area contributed by atoms with Crippen molar-refractivity contribution in [2.24, 2.45) is 11.8 Å². The van der Waals surface area contributed by atoms with Crippen LogP contribution in [-0.2, 0) is 11.4 Å². The molecule has 1 aromatic carbocycles. The summed E-state index contributed by atoms with van der Waals surface area (Å²) >= 11 is 0. The van der Waals surface area contributed by atoms with Crippen LogP contribution >= 0.6 is 0 Å². The second-order valence-corrected chi connectivity index (χ2v) is 6.31. The van der Waals surface area contributed by atoms with Crippen molar-refractivity contribution in [3.05, 3.63) is 23.8 Å². The van der Waals surface area contributed by atoms with Crippen molar-refractivity contribution in [1.29, 1.82) is 0 Å². The van der Waals surface area contributed by atoms with Crippen LogP contribution in [0.1, 0.15) is 25.8 Å². The molecule has 1 saturated heterocycles. The van der Waals surface area contributed by atoms with E-state index in [2.05, 4.69) is 24.1 Å². The molecule has 1 fully saturated rings. The predicted octanol–water partition coefficient (Wildman–Crippen LogP) is 2.10. The van der Waals surface area contributed by atoms with Gasteiger partial charge in [-0.3, -0.25) is 4.79 Å². The lowest BCUT2D eigenvalue weighted by atomic mass is 10.1. The molecule has 1 amide bonds. The zero-order valence-electron chi connectivity index (χ0n) is 13.6. The first kappa shape index (κ1) is 16.8. The number of ether oxygens (including phenoxy) is 1. The quantitative estimate of drug-likeness (QED) is 0.845. The maximum absolute atomic E-state index is 12.4. The third kappa shape index (κ3) is 4.21. The predicted molar refractivity (Wildman–Crippen MR) is 86.9 cm³/mol. The van der Waals surface area contributed by atoms with Gasteiger partial charge in [-0.15, -0.1) is 0 Å². The highest BCUT2D eigenvalue weighted by Gasteiger charge is 2.28. The van der Waals surface area contributed by atoms with Crippen molar-refractivity contribution in [1.82, 2.24) is 4.90 Å². The van der Waals surface area contributed by atoms with Gasteiger partial charge in [-0.25, -0.2) is 0 Å². The SMILES string of the molecule is COc1ccc(NC(=O)C2CCN(CC(C)C)C2)cc1CO. The van der Waals surface area contributed by atoms with Crippen LogP contribution in [-0.4, -0.2) is 42.7 Å². The Labute approximate surface area is 132 Å². The molecule has 1 aliphatic heterocycles. The zero-order chi connectivity index (χ0) is 16.1. The number of rotatable bonds is 6. The lowest BCUT2D eigenvalue weighted by molar-refractivity contribution is -0.119. The number of carbonyl (C=O) groups excluding carboxylic acids is 1. The fourth-order valence-electron chi connectivity index (χ4n) is 2.95. The van der Waals surface area contributed by atoms with Gasteiger partial charge in [0.15, 0.2) is 0 Å². The van der Waals surface area contributed by atoms with Crippen LogP contribution in [0, 0.1) is 11.8 Å². The molecule has 122 valence electrons. The highest BCUT2D eigenvalue weighted by molar-refractivity contribution is 5.93. The molecule has 0 spiro atoms. The highest BCUT2D eigenvalue weighted by Crippen LogP contribution is 2.24. The molecule has 1 aromatic rings. The van der Waals surface area contributed by atoms with E-state index in [1.807, 2.05) is 0 Å². The molecule has 22 heavy (non-hydrogen) atoms. The molecule has 0 aromatic heterocycles. The van der Waals surface area contributed by atoms with E-state index in [0.29, 0.717) is 22.9 Å². The fraction of sp³-hybridized carbons (Fsp3) is 0.588. The number of anilines is 1. The fourth-order valence-corrected chi connectivity index (χ4v) is 2.95. The van der Waals surface area contributed by atoms with Crippen molar-refractivity contribution >= 4 is 11.6 Å². The van der Waals surface area contributed by atoms with Gasteiger partial charge >= 0.3 is 0 Å². The Morgan fingerprint density at radius 1 is 1.50 bits per heavy atom. The number of nitrogens with zero attached hydrogens (tertiary/aromatic N) is 1. The Kier molecular flexibility index (Phi) is 5.80. The van der Waals surface area contributed by atoms with Gasteiger partial charge in [0.25, 0.3) is 0 Å². The summed E-state index contributed by atoms with van der Waals surface area (Å²) in [7, 11) is 1.56. The molecule has 0 bridgehead atoms. The molecule has 5 heteroatoms. The Hall–Kier alpha value is -1.59.